The molecule has 1 aliphatic carbocycles. The highest BCUT2D eigenvalue weighted by Gasteiger charge is 2.27. The van der Waals surface area contributed by atoms with Crippen molar-refractivity contribution in [2.75, 3.05) is 13.2 Å². The molecule has 0 saturated carbocycles. The molecule has 1 amide bonds. The Hall–Kier alpha value is -2.11. The standard InChI is InChI=1S/C21H32N2O4/c1-13(2)23(20(25)27-21(5,6)7)8-9-26-19-14(3)17-10-16(12-24)11-18(17)15(4)22-19/h12-13,16H,8-11H2,1-7H3. The summed E-state index contributed by atoms with van der Waals surface area (Å²) in [5.74, 6) is 0.628. The van der Waals surface area contributed by atoms with Gasteiger partial charge < -0.3 is 19.2 Å². The first-order valence-electron chi connectivity index (χ1n) is 9.60. The van der Waals surface area contributed by atoms with Crippen molar-refractivity contribution in [2.24, 2.45) is 5.92 Å². The minimum atomic E-state index is -0.532. The fourth-order valence-corrected chi connectivity index (χ4v) is 3.38. The number of fused-ring (bicyclic) bond motifs is 1. The number of pyridine rings is 1. The van der Waals surface area contributed by atoms with Gasteiger partial charge in [-0.15, -0.1) is 0 Å². The lowest BCUT2D eigenvalue weighted by Gasteiger charge is -2.30. The molecule has 6 heteroatoms. The summed E-state index contributed by atoms with van der Waals surface area (Å²) in [6.45, 7) is 14.2. The van der Waals surface area contributed by atoms with Crippen molar-refractivity contribution in [2.45, 2.75) is 73.0 Å². The van der Waals surface area contributed by atoms with Gasteiger partial charge in [0.15, 0.2) is 0 Å². The Morgan fingerprint density at radius 3 is 2.44 bits per heavy atom. The van der Waals surface area contributed by atoms with Crippen molar-refractivity contribution >= 4 is 12.4 Å². The van der Waals surface area contributed by atoms with Crippen molar-refractivity contribution in [1.82, 2.24) is 9.88 Å². The van der Waals surface area contributed by atoms with Crippen LogP contribution in [0.4, 0.5) is 4.79 Å². The van der Waals surface area contributed by atoms with Crippen LogP contribution in [0.3, 0.4) is 0 Å². The number of hydrogen-bond acceptors (Lipinski definition) is 5. The molecule has 1 aliphatic rings. The van der Waals surface area contributed by atoms with E-state index >= 15 is 0 Å². The molecule has 27 heavy (non-hydrogen) atoms. The van der Waals surface area contributed by atoms with Gasteiger partial charge >= 0.3 is 6.09 Å². The van der Waals surface area contributed by atoms with Crippen LogP contribution < -0.4 is 4.74 Å². The maximum absolute atomic E-state index is 12.4. The van der Waals surface area contributed by atoms with Crippen LogP contribution in [0.15, 0.2) is 0 Å². The summed E-state index contributed by atoms with van der Waals surface area (Å²) >= 11 is 0. The molecule has 1 aromatic heterocycles. The number of carbonyl (C=O) groups excluding carboxylic acids is 2. The molecule has 0 spiro atoms. The molecule has 2 rings (SSSR count). The van der Waals surface area contributed by atoms with E-state index in [4.69, 9.17) is 9.47 Å². The van der Waals surface area contributed by atoms with Gasteiger partial charge in [-0.1, -0.05) is 0 Å². The highest BCUT2D eigenvalue weighted by molar-refractivity contribution is 5.68. The summed E-state index contributed by atoms with van der Waals surface area (Å²) in [6.07, 6.45) is 2.20. The molecule has 0 N–H and O–H groups in total. The number of amides is 1. The lowest BCUT2D eigenvalue weighted by atomic mass is 10.0. The van der Waals surface area contributed by atoms with Crippen LogP contribution in [-0.4, -0.2) is 47.1 Å². The molecular formula is C21H32N2O4. The molecule has 0 bridgehead atoms. The van der Waals surface area contributed by atoms with Gasteiger partial charge in [-0.3, -0.25) is 0 Å². The number of hydrogen-bond donors (Lipinski definition) is 0. The average Bonchev–Trinajstić information content (AvgIpc) is 2.99. The first-order chi connectivity index (χ1) is 12.5. The molecule has 0 saturated heterocycles. The lowest BCUT2D eigenvalue weighted by Crippen LogP contribution is -2.43. The molecule has 1 aromatic rings. The van der Waals surface area contributed by atoms with E-state index in [1.54, 1.807) is 4.90 Å². The van der Waals surface area contributed by atoms with Crippen molar-refractivity contribution in [3.05, 3.63) is 22.4 Å². The number of aryl methyl sites for hydroxylation is 1. The third-order valence-corrected chi connectivity index (χ3v) is 4.79. The topological polar surface area (TPSA) is 68.7 Å². The first-order valence-corrected chi connectivity index (χ1v) is 9.60. The normalized spacial score (nSPS) is 16.2. The largest absolute Gasteiger partial charge is 0.476 e. The van der Waals surface area contributed by atoms with Crippen LogP contribution in [0.25, 0.3) is 0 Å². The van der Waals surface area contributed by atoms with Crippen molar-refractivity contribution < 1.29 is 19.1 Å². The van der Waals surface area contributed by atoms with E-state index < -0.39 is 5.60 Å². The van der Waals surface area contributed by atoms with E-state index in [2.05, 4.69) is 4.98 Å². The molecule has 0 aromatic carbocycles. The second kappa shape index (κ2) is 8.28. The second-order valence-corrected chi connectivity index (χ2v) is 8.50. The highest BCUT2D eigenvalue weighted by atomic mass is 16.6. The molecule has 0 radical (unpaired) electrons. The summed E-state index contributed by atoms with van der Waals surface area (Å²) in [6, 6.07) is 0.00705. The van der Waals surface area contributed by atoms with Crippen molar-refractivity contribution in [1.29, 1.82) is 0 Å². The van der Waals surface area contributed by atoms with Crippen LogP contribution >= 0.6 is 0 Å². The summed E-state index contributed by atoms with van der Waals surface area (Å²) < 4.78 is 11.4. The van der Waals surface area contributed by atoms with E-state index in [0.717, 1.165) is 30.4 Å². The number of ether oxygens (including phenoxy) is 2. The number of rotatable bonds is 6. The monoisotopic (exact) mass is 376 g/mol. The van der Waals surface area contributed by atoms with E-state index in [-0.39, 0.29) is 18.1 Å². The van der Waals surface area contributed by atoms with Gasteiger partial charge in [-0.05, 0) is 72.4 Å². The number of aldehydes is 1. The Morgan fingerprint density at radius 1 is 1.26 bits per heavy atom. The Kier molecular flexibility index (Phi) is 6.50. The summed E-state index contributed by atoms with van der Waals surface area (Å²) in [7, 11) is 0. The second-order valence-electron chi connectivity index (χ2n) is 8.50. The zero-order chi connectivity index (χ0) is 20.4. The van der Waals surface area contributed by atoms with E-state index in [0.29, 0.717) is 19.0 Å². The van der Waals surface area contributed by atoms with Crippen LogP contribution in [-0.2, 0) is 22.4 Å². The average molecular weight is 376 g/mol. The van der Waals surface area contributed by atoms with Gasteiger partial charge in [0, 0.05) is 23.2 Å². The maximum atomic E-state index is 12.4. The summed E-state index contributed by atoms with van der Waals surface area (Å²) in [4.78, 5) is 29.8. The Labute approximate surface area is 162 Å². The Bertz CT molecular complexity index is 707. The van der Waals surface area contributed by atoms with Crippen LogP contribution in [0.5, 0.6) is 5.88 Å². The minimum Gasteiger partial charge on any atom is -0.476 e. The summed E-state index contributed by atoms with van der Waals surface area (Å²) in [5, 5.41) is 0. The fourth-order valence-electron chi connectivity index (χ4n) is 3.38. The zero-order valence-electron chi connectivity index (χ0n) is 17.6. The van der Waals surface area contributed by atoms with Gasteiger partial charge in [-0.2, -0.15) is 0 Å². The zero-order valence-corrected chi connectivity index (χ0v) is 17.6. The predicted molar refractivity (Wildman–Crippen MR) is 104 cm³/mol. The molecule has 6 nitrogen and oxygen atoms in total. The number of aromatic nitrogens is 1. The van der Waals surface area contributed by atoms with E-state index in [1.165, 1.54) is 11.1 Å². The minimum absolute atomic E-state index is 0.00705. The van der Waals surface area contributed by atoms with Crippen LogP contribution in [0.1, 0.15) is 57.0 Å². The SMILES string of the molecule is Cc1nc(OCCN(C(=O)OC(C)(C)C)C(C)C)c(C)c2c1CC(C=O)C2. The van der Waals surface area contributed by atoms with Crippen molar-refractivity contribution in [3.8, 4) is 5.88 Å². The third kappa shape index (κ3) is 5.21. The van der Waals surface area contributed by atoms with Crippen LogP contribution in [0, 0.1) is 19.8 Å². The van der Waals surface area contributed by atoms with Crippen molar-refractivity contribution in [3.63, 3.8) is 0 Å². The Morgan fingerprint density at radius 2 is 1.89 bits per heavy atom. The predicted octanol–water partition coefficient (Wildman–Crippen LogP) is 3.64. The maximum Gasteiger partial charge on any atom is 0.410 e. The molecule has 1 atom stereocenters. The smallest absolute Gasteiger partial charge is 0.410 e. The third-order valence-electron chi connectivity index (χ3n) is 4.79. The highest BCUT2D eigenvalue weighted by Crippen LogP contribution is 2.34. The lowest BCUT2D eigenvalue weighted by molar-refractivity contribution is -0.110. The quantitative estimate of drug-likeness (QED) is 0.709. The van der Waals surface area contributed by atoms with E-state index in [1.807, 2.05) is 48.5 Å². The molecule has 1 heterocycles. The number of nitrogens with zero attached hydrogens (tertiary/aromatic N) is 2. The molecule has 150 valence electrons. The van der Waals surface area contributed by atoms with Crippen LogP contribution in [0.2, 0.25) is 0 Å². The number of carbonyl (C=O) groups is 2. The van der Waals surface area contributed by atoms with E-state index in [9.17, 15) is 9.59 Å². The molecule has 0 fully saturated rings. The van der Waals surface area contributed by atoms with Gasteiger partial charge in [0.05, 0.1) is 6.54 Å². The Balaban J connectivity index is 2.05. The molecule has 0 aliphatic heterocycles. The van der Waals surface area contributed by atoms with Gasteiger partial charge in [-0.25, -0.2) is 9.78 Å². The van der Waals surface area contributed by atoms with Gasteiger partial charge in [0.1, 0.15) is 18.5 Å². The molecule has 1 unspecified atom stereocenters. The van der Waals surface area contributed by atoms with Gasteiger partial charge in [0.2, 0.25) is 5.88 Å². The molecular weight excluding hydrogens is 344 g/mol. The fraction of sp³-hybridized carbons (Fsp3) is 0.667. The van der Waals surface area contributed by atoms with Gasteiger partial charge in [0.25, 0.3) is 0 Å². The summed E-state index contributed by atoms with van der Waals surface area (Å²) in [5.41, 5.74) is 3.74. The first kappa shape index (κ1) is 21.2.